The Kier molecular flexibility index (Phi) is 5.93. The fraction of sp³-hybridized carbons (Fsp3) is 0.429. The molecule has 1 unspecified atom stereocenters. The van der Waals surface area contributed by atoms with Gasteiger partial charge in [-0.3, -0.25) is 4.90 Å². The van der Waals surface area contributed by atoms with Crippen LogP contribution < -0.4 is 0 Å². The molecule has 3 aromatic heterocycles. The lowest BCUT2D eigenvalue weighted by Gasteiger charge is -2.22. The lowest BCUT2D eigenvalue weighted by molar-refractivity contribution is -0.0394. The molecule has 6 nitrogen and oxygen atoms in total. The Morgan fingerprint density at radius 2 is 2.06 bits per heavy atom. The van der Waals surface area contributed by atoms with E-state index in [1.807, 2.05) is 17.1 Å². The SMILES string of the molecule is C[C@H]1C[C@@H](Cc2cc(-c3cnn(C4CCCCO4)c3)nc3cc[nH]c23)CN1Cc1ccccc1. The molecule has 0 spiro atoms. The van der Waals surface area contributed by atoms with E-state index in [0.29, 0.717) is 12.0 Å². The molecule has 34 heavy (non-hydrogen) atoms. The van der Waals surface area contributed by atoms with Gasteiger partial charge in [0.2, 0.25) is 0 Å². The third-order valence-electron chi connectivity index (χ3n) is 7.47. The van der Waals surface area contributed by atoms with Crippen LogP contribution in [0, 0.1) is 5.92 Å². The van der Waals surface area contributed by atoms with E-state index in [1.54, 1.807) is 0 Å². The van der Waals surface area contributed by atoms with Gasteiger partial charge in [0.25, 0.3) is 0 Å². The third kappa shape index (κ3) is 4.40. The van der Waals surface area contributed by atoms with Crippen molar-refractivity contribution in [2.45, 2.75) is 57.8 Å². The van der Waals surface area contributed by atoms with Crippen molar-refractivity contribution in [2.75, 3.05) is 13.2 Å². The molecule has 2 aliphatic rings. The number of nitrogens with one attached hydrogen (secondary N) is 1. The van der Waals surface area contributed by atoms with Gasteiger partial charge in [-0.2, -0.15) is 5.10 Å². The monoisotopic (exact) mass is 455 g/mol. The highest BCUT2D eigenvalue weighted by atomic mass is 16.5. The van der Waals surface area contributed by atoms with Crippen LogP contribution in [0.3, 0.4) is 0 Å². The number of nitrogens with zero attached hydrogens (tertiary/aromatic N) is 4. The molecular formula is C28H33N5O. The molecule has 0 radical (unpaired) electrons. The number of ether oxygens (including phenoxy) is 1. The van der Waals surface area contributed by atoms with Crippen molar-refractivity contribution in [3.8, 4) is 11.3 Å². The molecule has 0 saturated carbocycles. The number of rotatable bonds is 6. The Morgan fingerprint density at radius 1 is 1.15 bits per heavy atom. The van der Waals surface area contributed by atoms with Crippen molar-refractivity contribution in [3.05, 3.63) is 72.2 Å². The quantitative estimate of drug-likeness (QED) is 0.412. The van der Waals surface area contributed by atoms with Gasteiger partial charge in [-0.1, -0.05) is 30.3 Å². The van der Waals surface area contributed by atoms with Crippen LogP contribution in [-0.4, -0.2) is 43.8 Å². The van der Waals surface area contributed by atoms with Crippen LogP contribution in [-0.2, 0) is 17.7 Å². The van der Waals surface area contributed by atoms with Crippen LogP contribution in [0.4, 0.5) is 0 Å². The van der Waals surface area contributed by atoms with Gasteiger partial charge in [0.15, 0.2) is 0 Å². The number of pyridine rings is 1. The van der Waals surface area contributed by atoms with Crippen LogP contribution in [0.15, 0.2) is 61.1 Å². The summed E-state index contributed by atoms with van der Waals surface area (Å²) in [6.45, 7) is 5.35. The van der Waals surface area contributed by atoms with E-state index in [9.17, 15) is 0 Å². The number of aromatic amines is 1. The Morgan fingerprint density at radius 3 is 2.91 bits per heavy atom. The molecule has 0 aliphatic carbocycles. The summed E-state index contributed by atoms with van der Waals surface area (Å²) in [5.41, 5.74) is 7.00. The fourth-order valence-electron chi connectivity index (χ4n) is 5.69. The van der Waals surface area contributed by atoms with E-state index in [4.69, 9.17) is 9.72 Å². The molecule has 2 saturated heterocycles. The molecule has 6 heteroatoms. The van der Waals surface area contributed by atoms with E-state index in [1.165, 1.54) is 29.5 Å². The average Bonchev–Trinajstić information content (AvgIpc) is 3.61. The minimum Gasteiger partial charge on any atom is -0.360 e. The topological polar surface area (TPSA) is 59.0 Å². The number of benzene rings is 1. The summed E-state index contributed by atoms with van der Waals surface area (Å²) >= 11 is 0. The van der Waals surface area contributed by atoms with Crippen molar-refractivity contribution >= 4 is 11.0 Å². The van der Waals surface area contributed by atoms with Crippen molar-refractivity contribution in [3.63, 3.8) is 0 Å². The minimum absolute atomic E-state index is 0.0496. The second-order valence-electron chi connectivity index (χ2n) is 10.0. The summed E-state index contributed by atoms with van der Waals surface area (Å²) in [6.07, 6.45) is 11.7. The highest BCUT2D eigenvalue weighted by Gasteiger charge is 2.29. The molecule has 0 bridgehead atoms. The summed E-state index contributed by atoms with van der Waals surface area (Å²) in [5.74, 6) is 0.638. The van der Waals surface area contributed by atoms with Crippen molar-refractivity contribution in [1.82, 2.24) is 24.6 Å². The maximum absolute atomic E-state index is 5.92. The van der Waals surface area contributed by atoms with Crippen LogP contribution in [0.2, 0.25) is 0 Å². The Hall–Kier alpha value is -2.96. The maximum atomic E-state index is 5.92. The van der Waals surface area contributed by atoms with Gasteiger partial charge < -0.3 is 9.72 Å². The third-order valence-corrected chi connectivity index (χ3v) is 7.47. The molecule has 2 fully saturated rings. The van der Waals surface area contributed by atoms with Crippen molar-refractivity contribution in [2.24, 2.45) is 5.92 Å². The second-order valence-corrected chi connectivity index (χ2v) is 10.0. The van der Waals surface area contributed by atoms with Crippen molar-refractivity contribution in [1.29, 1.82) is 0 Å². The number of hydrogen-bond acceptors (Lipinski definition) is 4. The van der Waals surface area contributed by atoms with Crippen molar-refractivity contribution < 1.29 is 4.74 Å². The summed E-state index contributed by atoms with van der Waals surface area (Å²) < 4.78 is 7.89. The fourth-order valence-corrected chi connectivity index (χ4v) is 5.69. The molecule has 1 N–H and O–H groups in total. The highest BCUT2D eigenvalue weighted by Crippen LogP contribution is 2.32. The molecule has 6 rings (SSSR count). The molecular weight excluding hydrogens is 422 g/mol. The smallest absolute Gasteiger partial charge is 0.150 e. The molecule has 176 valence electrons. The van der Waals surface area contributed by atoms with Crippen LogP contribution in [0.25, 0.3) is 22.3 Å². The summed E-state index contributed by atoms with van der Waals surface area (Å²) in [4.78, 5) is 11.0. The zero-order valence-electron chi connectivity index (χ0n) is 19.9. The van der Waals surface area contributed by atoms with E-state index < -0.39 is 0 Å². The average molecular weight is 456 g/mol. The summed E-state index contributed by atoms with van der Waals surface area (Å²) in [5, 5.41) is 4.61. The first-order valence-electron chi connectivity index (χ1n) is 12.6. The number of hydrogen-bond donors (Lipinski definition) is 1. The Bertz CT molecular complexity index is 1240. The lowest BCUT2D eigenvalue weighted by atomic mass is 9.96. The molecule has 0 amide bonds. The number of likely N-dealkylation sites (tertiary alicyclic amines) is 1. The van der Waals surface area contributed by atoms with Gasteiger partial charge >= 0.3 is 0 Å². The predicted octanol–water partition coefficient (Wildman–Crippen LogP) is 5.58. The number of fused-ring (bicyclic) bond motifs is 1. The first kappa shape index (κ1) is 21.6. The predicted molar refractivity (Wildman–Crippen MR) is 134 cm³/mol. The molecule has 4 aromatic rings. The molecule has 5 heterocycles. The van der Waals surface area contributed by atoms with E-state index in [0.717, 1.165) is 55.7 Å². The highest BCUT2D eigenvalue weighted by molar-refractivity contribution is 5.82. The zero-order chi connectivity index (χ0) is 22.9. The minimum atomic E-state index is 0.0496. The van der Waals surface area contributed by atoms with Gasteiger partial charge in [-0.25, -0.2) is 9.67 Å². The van der Waals surface area contributed by atoms with Gasteiger partial charge in [0.1, 0.15) is 6.23 Å². The van der Waals surface area contributed by atoms with E-state index in [2.05, 4.69) is 70.6 Å². The number of aromatic nitrogens is 4. The summed E-state index contributed by atoms with van der Waals surface area (Å²) in [6, 6.07) is 15.8. The second kappa shape index (κ2) is 9.35. The van der Waals surface area contributed by atoms with E-state index >= 15 is 0 Å². The standard InChI is InChI=1S/C28H33N5O/c1-20-13-22(18-32(20)17-21-7-3-2-4-8-21)14-23-15-26(31-25-10-11-29-28(23)25)24-16-30-33(19-24)27-9-5-6-12-34-27/h2-4,7-8,10-11,15-16,19-20,22,27,29H,5-6,9,12-14,17-18H2,1H3/t20-,22-,27?/m0/s1. The Balaban J connectivity index is 1.22. The molecule has 2 aliphatic heterocycles. The normalized spacial score (nSPS) is 23.6. The summed E-state index contributed by atoms with van der Waals surface area (Å²) in [7, 11) is 0. The Labute approximate surface area is 201 Å². The number of H-pyrrole nitrogens is 1. The first-order valence-corrected chi connectivity index (χ1v) is 12.6. The van der Waals surface area contributed by atoms with Crippen LogP contribution in [0.5, 0.6) is 0 Å². The van der Waals surface area contributed by atoms with Crippen LogP contribution in [0.1, 0.15) is 50.0 Å². The first-order chi connectivity index (χ1) is 16.7. The zero-order valence-corrected chi connectivity index (χ0v) is 19.9. The largest absolute Gasteiger partial charge is 0.360 e. The van der Waals surface area contributed by atoms with Gasteiger partial charge in [-0.05, 0) is 68.2 Å². The lowest BCUT2D eigenvalue weighted by Crippen LogP contribution is -2.26. The van der Waals surface area contributed by atoms with Gasteiger partial charge in [0.05, 0.1) is 22.9 Å². The molecule has 1 aromatic carbocycles. The van der Waals surface area contributed by atoms with Crippen LogP contribution >= 0.6 is 0 Å². The van der Waals surface area contributed by atoms with Gasteiger partial charge in [-0.15, -0.1) is 0 Å². The molecule has 3 atom stereocenters. The van der Waals surface area contributed by atoms with E-state index in [-0.39, 0.29) is 6.23 Å². The maximum Gasteiger partial charge on any atom is 0.150 e. The van der Waals surface area contributed by atoms with Gasteiger partial charge in [0, 0.05) is 43.7 Å².